The summed E-state index contributed by atoms with van der Waals surface area (Å²) >= 11 is 0. The number of hydrogen-bond donors (Lipinski definition) is 1. The second-order valence-electron chi connectivity index (χ2n) is 2.49. The number of nitrogens with zero attached hydrogens (tertiary/aromatic N) is 1. The smallest absolute Gasteiger partial charge is 0.0992 e. The van der Waals surface area contributed by atoms with Crippen molar-refractivity contribution in [2.45, 2.75) is 20.3 Å². The number of hydrogen-bond acceptors (Lipinski definition) is 2. The van der Waals surface area contributed by atoms with Gasteiger partial charge in [0.15, 0.2) is 0 Å². The molecule has 1 unspecified atom stereocenters. The van der Waals surface area contributed by atoms with Gasteiger partial charge >= 0.3 is 0 Å². The van der Waals surface area contributed by atoms with E-state index in [4.69, 9.17) is 0 Å². The molecular weight excluding hydrogens is 112 g/mol. The zero-order valence-electron chi connectivity index (χ0n) is 6.15. The van der Waals surface area contributed by atoms with E-state index in [-0.39, 0.29) is 0 Å². The third kappa shape index (κ3) is 1.44. The predicted molar refractivity (Wildman–Crippen MR) is 39.8 cm³/mol. The lowest BCUT2D eigenvalue weighted by atomic mass is 10.1. The molecule has 0 bridgehead atoms. The van der Waals surface area contributed by atoms with Crippen LogP contribution in [0.4, 0.5) is 0 Å². The highest BCUT2D eigenvalue weighted by molar-refractivity contribution is 5.85. The topological polar surface area (TPSA) is 24.4 Å². The average molecular weight is 126 g/mol. The molecule has 0 fully saturated rings. The van der Waals surface area contributed by atoms with E-state index in [0.29, 0.717) is 5.92 Å². The van der Waals surface area contributed by atoms with Gasteiger partial charge in [-0.1, -0.05) is 6.92 Å². The minimum absolute atomic E-state index is 0.671. The van der Waals surface area contributed by atoms with E-state index in [1.807, 2.05) is 0 Å². The van der Waals surface area contributed by atoms with Crippen LogP contribution in [0.1, 0.15) is 20.3 Å². The minimum atomic E-state index is 0.671. The second-order valence-corrected chi connectivity index (χ2v) is 2.49. The van der Waals surface area contributed by atoms with Crippen molar-refractivity contribution in [2.75, 3.05) is 13.1 Å². The summed E-state index contributed by atoms with van der Waals surface area (Å²) in [6.45, 7) is 6.34. The minimum Gasteiger partial charge on any atom is -0.374 e. The summed E-state index contributed by atoms with van der Waals surface area (Å²) in [5.74, 6) is 1.88. The first-order chi connectivity index (χ1) is 4.34. The normalized spacial score (nSPS) is 26.0. The van der Waals surface area contributed by atoms with Crippen molar-refractivity contribution in [3.05, 3.63) is 0 Å². The first kappa shape index (κ1) is 6.59. The van der Waals surface area contributed by atoms with Gasteiger partial charge in [-0.05, 0) is 13.3 Å². The molecule has 1 aliphatic rings. The fraction of sp³-hybridized carbons (Fsp3) is 0.857. The summed E-state index contributed by atoms with van der Waals surface area (Å²) in [5, 5.41) is 3.24. The molecule has 1 N–H and O–H groups in total. The standard InChI is InChI=1S/C7H14N2/c1-3-8-7-6(2)4-5-9-7/h6H,3-5H2,1-2H3,(H,8,9). The van der Waals surface area contributed by atoms with Crippen LogP contribution >= 0.6 is 0 Å². The van der Waals surface area contributed by atoms with E-state index in [2.05, 4.69) is 24.2 Å². The molecule has 0 spiro atoms. The molecule has 0 aromatic carbocycles. The van der Waals surface area contributed by atoms with Crippen LogP contribution in [0.25, 0.3) is 0 Å². The maximum absolute atomic E-state index is 4.31. The Kier molecular flexibility index (Phi) is 2.09. The predicted octanol–water partition coefficient (Wildman–Crippen LogP) is 1.03. The molecule has 0 saturated heterocycles. The van der Waals surface area contributed by atoms with E-state index in [1.54, 1.807) is 0 Å². The van der Waals surface area contributed by atoms with Gasteiger partial charge in [0.1, 0.15) is 0 Å². The third-order valence-corrected chi connectivity index (χ3v) is 1.67. The second kappa shape index (κ2) is 2.85. The highest BCUT2D eigenvalue weighted by Gasteiger charge is 2.13. The van der Waals surface area contributed by atoms with Crippen LogP contribution in [0.15, 0.2) is 4.99 Å². The van der Waals surface area contributed by atoms with Crippen molar-refractivity contribution in [3.63, 3.8) is 0 Å². The summed E-state index contributed by atoms with van der Waals surface area (Å²) in [7, 11) is 0. The lowest BCUT2D eigenvalue weighted by Crippen LogP contribution is -2.25. The van der Waals surface area contributed by atoms with Crippen LogP contribution in [-0.4, -0.2) is 18.9 Å². The molecule has 1 aliphatic heterocycles. The molecule has 0 saturated carbocycles. The van der Waals surface area contributed by atoms with E-state index in [0.717, 1.165) is 13.1 Å². The Balaban J connectivity index is 2.38. The van der Waals surface area contributed by atoms with Gasteiger partial charge in [-0.2, -0.15) is 0 Å². The Hall–Kier alpha value is -0.530. The molecular formula is C7H14N2. The molecule has 2 nitrogen and oxygen atoms in total. The molecule has 1 rings (SSSR count). The Morgan fingerprint density at radius 3 is 3.00 bits per heavy atom. The highest BCUT2D eigenvalue weighted by Crippen LogP contribution is 2.10. The molecule has 0 radical (unpaired) electrons. The maximum atomic E-state index is 4.31. The molecule has 1 heterocycles. The van der Waals surface area contributed by atoms with E-state index < -0.39 is 0 Å². The van der Waals surface area contributed by atoms with Gasteiger partial charge in [0.2, 0.25) is 0 Å². The summed E-state index contributed by atoms with van der Waals surface area (Å²) in [6, 6.07) is 0. The number of rotatable bonds is 1. The van der Waals surface area contributed by atoms with Crippen molar-refractivity contribution in [1.82, 2.24) is 5.32 Å². The Bertz CT molecular complexity index is 118. The lowest BCUT2D eigenvalue weighted by Gasteiger charge is -2.06. The van der Waals surface area contributed by atoms with E-state index in [9.17, 15) is 0 Å². The van der Waals surface area contributed by atoms with Crippen molar-refractivity contribution in [2.24, 2.45) is 10.9 Å². The van der Waals surface area contributed by atoms with Crippen LogP contribution < -0.4 is 5.32 Å². The molecule has 2 heteroatoms. The molecule has 0 aliphatic carbocycles. The summed E-state index contributed by atoms with van der Waals surface area (Å²) in [4.78, 5) is 4.31. The van der Waals surface area contributed by atoms with Gasteiger partial charge in [0, 0.05) is 19.0 Å². The van der Waals surface area contributed by atoms with Gasteiger partial charge in [-0.3, -0.25) is 4.99 Å². The molecule has 0 amide bonds. The van der Waals surface area contributed by atoms with Gasteiger partial charge in [0.05, 0.1) is 5.84 Å². The van der Waals surface area contributed by atoms with Gasteiger partial charge < -0.3 is 5.32 Å². The molecule has 0 aromatic rings. The van der Waals surface area contributed by atoms with Crippen molar-refractivity contribution in [3.8, 4) is 0 Å². The van der Waals surface area contributed by atoms with Gasteiger partial charge in [0.25, 0.3) is 0 Å². The number of amidine groups is 1. The molecule has 1 atom stereocenters. The number of aliphatic imine (C=N–C) groups is 1. The Morgan fingerprint density at radius 2 is 2.56 bits per heavy atom. The van der Waals surface area contributed by atoms with Crippen LogP contribution in [0.5, 0.6) is 0 Å². The fourth-order valence-corrected chi connectivity index (χ4v) is 1.08. The van der Waals surface area contributed by atoms with Gasteiger partial charge in [-0.15, -0.1) is 0 Å². The van der Waals surface area contributed by atoms with Crippen molar-refractivity contribution < 1.29 is 0 Å². The zero-order chi connectivity index (χ0) is 6.69. The van der Waals surface area contributed by atoms with E-state index in [1.165, 1.54) is 12.3 Å². The SMILES string of the molecule is CCNC1=NCCC1C. The van der Waals surface area contributed by atoms with Crippen LogP contribution in [0.2, 0.25) is 0 Å². The average Bonchev–Trinajstić information content (AvgIpc) is 2.18. The van der Waals surface area contributed by atoms with Crippen LogP contribution in [0, 0.1) is 5.92 Å². The molecule has 52 valence electrons. The Morgan fingerprint density at radius 1 is 1.78 bits per heavy atom. The van der Waals surface area contributed by atoms with Crippen molar-refractivity contribution in [1.29, 1.82) is 0 Å². The molecule has 9 heavy (non-hydrogen) atoms. The fourth-order valence-electron chi connectivity index (χ4n) is 1.08. The monoisotopic (exact) mass is 126 g/mol. The number of nitrogens with one attached hydrogen (secondary N) is 1. The van der Waals surface area contributed by atoms with Gasteiger partial charge in [-0.25, -0.2) is 0 Å². The molecule has 0 aromatic heterocycles. The zero-order valence-corrected chi connectivity index (χ0v) is 6.15. The highest BCUT2D eigenvalue weighted by atomic mass is 15.0. The third-order valence-electron chi connectivity index (χ3n) is 1.67. The first-order valence-corrected chi connectivity index (χ1v) is 3.62. The van der Waals surface area contributed by atoms with Crippen LogP contribution in [0.3, 0.4) is 0 Å². The quantitative estimate of drug-likeness (QED) is 0.557. The Labute approximate surface area is 56.4 Å². The lowest BCUT2D eigenvalue weighted by molar-refractivity contribution is 0.728. The van der Waals surface area contributed by atoms with Crippen LogP contribution in [-0.2, 0) is 0 Å². The largest absolute Gasteiger partial charge is 0.374 e. The first-order valence-electron chi connectivity index (χ1n) is 3.62. The van der Waals surface area contributed by atoms with Crippen molar-refractivity contribution >= 4 is 5.84 Å². The summed E-state index contributed by atoms with van der Waals surface area (Å²) in [5.41, 5.74) is 0. The summed E-state index contributed by atoms with van der Waals surface area (Å²) in [6.07, 6.45) is 1.22. The summed E-state index contributed by atoms with van der Waals surface area (Å²) < 4.78 is 0. The maximum Gasteiger partial charge on any atom is 0.0992 e. The van der Waals surface area contributed by atoms with E-state index >= 15 is 0 Å².